The second kappa shape index (κ2) is 7.14. The van der Waals surface area contributed by atoms with Crippen molar-refractivity contribution in [1.29, 1.82) is 0 Å². The predicted octanol–water partition coefficient (Wildman–Crippen LogP) is 7.01. The summed E-state index contributed by atoms with van der Waals surface area (Å²) in [7, 11) is -1.74. The Kier molecular flexibility index (Phi) is 4.55. The van der Waals surface area contributed by atoms with E-state index < -0.39 is 9.62 Å². The van der Waals surface area contributed by atoms with Gasteiger partial charge in [0.1, 0.15) is 0 Å². The van der Waals surface area contributed by atoms with Crippen LogP contribution in [0.15, 0.2) is 117 Å². The molecule has 0 fully saturated rings. The summed E-state index contributed by atoms with van der Waals surface area (Å²) in [4.78, 5) is 1.15. The van der Waals surface area contributed by atoms with Crippen molar-refractivity contribution in [3.63, 3.8) is 0 Å². The van der Waals surface area contributed by atoms with E-state index in [1.807, 2.05) is 36.4 Å². The van der Waals surface area contributed by atoms with Crippen LogP contribution in [0.2, 0.25) is 0 Å². The van der Waals surface area contributed by atoms with Crippen molar-refractivity contribution in [3.8, 4) is 0 Å². The first kappa shape index (κ1) is 16.6. The summed E-state index contributed by atoms with van der Waals surface area (Å²) in [5.74, 6) is 0. The van der Waals surface area contributed by atoms with Crippen LogP contribution in [0.3, 0.4) is 0 Å². The molecule has 4 rings (SSSR count). The first-order valence-electron chi connectivity index (χ1n) is 8.56. The molecule has 0 heterocycles. The summed E-state index contributed by atoms with van der Waals surface area (Å²) in [6.45, 7) is 0. The van der Waals surface area contributed by atoms with Crippen LogP contribution in [0.4, 0.5) is 11.4 Å². The van der Waals surface area contributed by atoms with Crippen molar-refractivity contribution in [2.45, 2.75) is 4.90 Å². The molecule has 0 amide bonds. The molecule has 4 aromatic rings. The molecule has 0 bridgehead atoms. The van der Waals surface area contributed by atoms with E-state index in [0.29, 0.717) is 0 Å². The van der Waals surface area contributed by atoms with Gasteiger partial charge in [-0.25, -0.2) is 8.73 Å². The van der Waals surface area contributed by atoms with Gasteiger partial charge in [0.2, 0.25) is 0 Å². The number of hydrogen-bond acceptors (Lipinski definition) is 2. The zero-order valence-electron chi connectivity index (χ0n) is 14.6. The Hall–Kier alpha value is -2.91. The predicted molar refractivity (Wildman–Crippen MR) is 113 cm³/mol. The molecular formula is C23H20N2S. The van der Waals surface area contributed by atoms with Crippen LogP contribution in [0.5, 0.6) is 0 Å². The lowest BCUT2D eigenvalue weighted by atomic mass is 10.1. The lowest BCUT2D eigenvalue weighted by molar-refractivity contribution is 1.40. The Morgan fingerprint density at radius 3 is 1.85 bits per heavy atom. The van der Waals surface area contributed by atoms with E-state index in [2.05, 4.69) is 73.0 Å². The minimum Gasteiger partial charge on any atom is -0.213 e. The molecule has 0 saturated carbocycles. The maximum absolute atomic E-state index is 5.12. The first-order valence-corrected chi connectivity index (χ1v) is 10.5. The molecular weight excluding hydrogens is 336 g/mol. The summed E-state index contributed by atoms with van der Waals surface area (Å²) >= 11 is 0. The Balaban J connectivity index is 1.95. The van der Waals surface area contributed by atoms with Gasteiger partial charge in [-0.1, -0.05) is 66.7 Å². The Morgan fingerprint density at radius 1 is 0.538 bits per heavy atom. The molecule has 0 aliphatic rings. The van der Waals surface area contributed by atoms with Gasteiger partial charge in [0.15, 0.2) is 0 Å². The van der Waals surface area contributed by atoms with Crippen molar-refractivity contribution in [1.82, 2.24) is 0 Å². The first-order chi connectivity index (χ1) is 12.7. The highest BCUT2D eigenvalue weighted by molar-refractivity contribution is 7.95. The quantitative estimate of drug-likeness (QED) is 0.377. The molecule has 128 valence electrons. The summed E-state index contributed by atoms with van der Waals surface area (Å²) in [6, 6.07) is 35.2. The molecule has 0 aliphatic heterocycles. The Morgan fingerprint density at radius 2 is 1.12 bits per heavy atom. The van der Waals surface area contributed by atoms with E-state index >= 15 is 0 Å². The van der Waals surface area contributed by atoms with Crippen molar-refractivity contribution in [3.05, 3.63) is 103 Å². The highest BCUT2D eigenvalue weighted by Crippen LogP contribution is 2.27. The standard InChI is InChI=1S/C23H20N2S/c1-26(23-14-6-3-7-15-23,24-21-12-4-2-5-13-21)25-22-17-16-19-10-8-9-11-20(19)18-22/h2-18H,1H3. The normalized spacial score (nSPS) is 13.1. The SMILES string of the molecule is CS(=Nc1ccccc1)(=Nc1ccc2ccccc2c1)c1ccccc1. The highest BCUT2D eigenvalue weighted by atomic mass is 32.2. The molecule has 2 nitrogen and oxygen atoms in total. The van der Waals surface area contributed by atoms with Crippen LogP contribution in [0.1, 0.15) is 0 Å². The van der Waals surface area contributed by atoms with E-state index in [4.69, 9.17) is 8.73 Å². The third-order valence-corrected chi connectivity index (χ3v) is 6.54. The lowest BCUT2D eigenvalue weighted by Crippen LogP contribution is -1.96. The third kappa shape index (κ3) is 3.53. The molecule has 0 radical (unpaired) electrons. The fraction of sp³-hybridized carbons (Fsp3) is 0.0435. The van der Waals surface area contributed by atoms with Gasteiger partial charge in [-0.2, -0.15) is 0 Å². The molecule has 1 unspecified atom stereocenters. The van der Waals surface area contributed by atoms with Crippen molar-refractivity contribution in [2.75, 3.05) is 6.26 Å². The van der Waals surface area contributed by atoms with E-state index in [1.54, 1.807) is 0 Å². The van der Waals surface area contributed by atoms with E-state index in [9.17, 15) is 0 Å². The molecule has 0 aliphatic carbocycles. The average molecular weight is 356 g/mol. The van der Waals surface area contributed by atoms with Gasteiger partial charge in [0, 0.05) is 11.2 Å². The van der Waals surface area contributed by atoms with Crippen LogP contribution in [-0.4, -0.2) is 6.26 Å². The number of fused-ring (bicyclic) bond motifs is 1. The van der Waals surface area contributed by atoms with Gasteiger partial charge >= 0.3 is 0 Å². The number of benzene rings is 4. The van der Waals surface area contributed by atoms with Crippen molar-refractivity contribution in [2.24, 2.45) is 8.73 Å². The molecule has 1 atom stereocenters. The molecule has 0 saturated heterocycles. The maximum Gasteiger partial charge on any atom is 0.0723 e. The Labute approximate surface area is 155 Å². The molecule has 0 N–H and O–H groups in total. The minimum atomic E-state index is -1.74. The van der Waals surface area contributed by atoms with Crippen LogP contribution >= 0.6 is 0 Å². The topological polar surface area (TPSA) is 24.7 Å². The van der Waals surface area contributed by atoms with Crippen LogP contribution in [0.25, 0.3) is 10.8 Å². The van der Waals surface area contributed by atoms with Crippen molar-refractivity contribution >= 4 is 31.8 Å². The van der Waals surface area contributed by atoms with Gasteiger partial charge in [-0.3, -0.25) is 0 Å². The van der Waals surface area contributed by atoms with Crippen LogP contribution in [0, 0.1) is 0 Å². The van der Waals surface area contributed by atoms with Crippen LogP contribution in [-0.2, 0) is 9.62 Å². The second-order valence-corrected chi connectivity index (χ2v) is 8.70. The number of nitrogens with zero attached hydrogens (tertiary/aromatic N) is 2. The van der Waals surface area contributed by atoms with E-state index in [-0.39, 0.29) is 0 Å². The summed E-state index contributed by atoms with van der Waals surface area (Å²) in [5, 5.41) is 2.42. The molecule has 26 heavy (non-hydrogen) atoms. The average Bonchev–Trinajstić information content (AvgIpc) is 2.69. The highest BCUT2D eigenvalue weighted by Gasteiger charge is 2.06. The van der Waals surface area contributed by atoms with Crippen molar-refractivity contribution < 1.29 is 0 Å². The van der Waals surface area contributed by atoms with Gasteiger partial charge in [-0.15, -0.1) is 0 Å². The summed E-state index contributed by atoms with van der Waals surface area (Å²) in [5.41, 5.74) is 1.92. The van der Waals surface area contributed by atoms with Gasteiger partial charge < -0.3 is 0 Å². The van der Waals surface area contributed by atoms with Gasteiger partial charge in [0.05, 0.1) is 11.4 Å². The zero-order chi connectivity index (χ0) is 17.8. The minimum absolute atomic E-state index is 0.957. The van der Waals surface area contributed by atoms with Gasteiger partial charge in [-0.05, 0) is 56.8 Å². The Bertz CT molecular complexity index is 1160. The number of rotatable bonds is 3. The molecule has 0 aromatic heterocycles. The van der Waals surface area contributed by atoms with E-state index in [1.165, 1.54) is 10.8 Å². The monoisotopic (exact) mass is 356 g/mol. The fourth-order valence-corrected chi connectivity index (χ4v) is 4.92. The number of hydrogen-bond donors (Lipinski definition) is 0. The van der Waals surface area contributed by atoms with E-state index in [0.717, 1.165) is 16.3 Å². The molecule has 3 heteroatoms. The fourth-order valence-electron chi connectivity index (χ4n) is 2.94. The zero-order valence-corrected chi connectivity index (χ0v) is 15.4. The lowest BCUT2D eigenvalue weighted by Gasteiger charge is -2.12. The molecule has 4 aromatic carbocycles. The second-order valence-electron chi connectivity index (χ2n) is 6.20. The maximum atomic E-state index is 5.12. The van der Waals surface area contributed by atoms with Crippen LogP contribution < -0.4 is 0 Å². The summed E-state index contributed by atoms with van der Waals surface area (Å²) in [6.07, 6.45) is 2.14. The van der Waals surface area contributed by atoms with Gasteiger partial charge in [0.25, 0.3) is 0 Å². The third-order valence-electron chi connectivity index (χ3n) is 4.25. The molecule has 0 spiro atoms. The smallest absolute Gasteiger partial charge is 0.0723 e. The summed E-state index contributed by atoms with van der Waals surface area (Å²) < 4.78 is 10.2. The largest absolute Gasteiger partial charge is 0.213 e.